The van der Waals surface area contributed by atoms with Gasteiger partial charge in [-0.3, -0.25) is 0 Å². The zero-order valence-electron chi connectivity index (χ0n) is 22.5. The zero-order chi connectivity index (χ0) is 28.3. The van der Waals surface area contributed by atoms with Gasteiger partial charge in [0, 0.05) is 12.0 Å². The van der Waals surface area contributed by atoms with Crippen LogP contribution in [0.1, 0.15) is 54.6 Å². The van der Waals surface area contributed by atoms with E-state index in [1.54, 1.807) is 36.4 Å². The number of sulfonamides is 1. The summed E-state index contributed by atoms with van der Waals surface area (Å²) >= 11 is 0. The molecule has 5 rings (SSSR count). The summed E-state index contributed by atoms with van der Waals surface area (Å²) in [5.74, 6) is 0.205. The Morgan fingerprint density at radius 1 is 1.00 bits per heavy atom. The van der Waals surface area contributed by atoms with Gasteiger partial charge in [0.1, 0.15) is 22.8 Å². The Hall–Kier alpha value is -3.88. The topological polar surface area (TPSA) is 106 Å². The Bertz CT molecular complexity index is 1610. The van der Waals surface area contributed by atoms with Gasteiger partial charge in [-0.15, -0.1) is 0 Å². The van der Waals surface area contributed by atoms with Crippen molar-refractivity contribution in [3.05, 3.63) is 124 Å². The third-order valence-electron chi connectivity index (χ3n) is 7.65. The lowest BCUT2D eigenvalue weighted by Crippen LogP contribution is -2.51. The molecule has 0 saturated heterocycles. The monoisotopic (exact) mass is 559 g/mol. The van der Waals surface area contributed by atoms with Crippen LogP contribution in [0.2, 0.25) is 0 Å². The molecule has 3 aromatic carbocycles. The Balaban J connectivity index is 1.63. The first kappa shape index (κ1) is 27.7. The van der Waals surface area contributed by atoms with Crippen LogP contribution >= 0.6 is 0 Å². The number of ether oxygens (including phenoxy) is 1. The fourth-order valence-electron chi connectivity index (χ4n) is 5.43. The second-order valence-electron chi connectivity index (χ2n) is 10.2. The summed E-state index contributed by atoms with van der Waals surface area (Å²) < 4.78 is 41.5. The fourth-order valence-corrected chi connectivity index (χ4v) is 6.85. The van der Waals surface area contributed by atoms with Crippen LogP contribution in [-0.2, 0) is 22.0 Å². The third-order valence-corrected chi connectivity index (χ3v) is 9.13. The minimum Gasteiger partial charge on any atom is -0.507 e. The molecule has 2 N–H and O–H groups in total. The van der Waals surface area contributed by atoms with Crippen molar-refractivity contribution in [2.24, 2.45) is 5.92 Å². The van der Waals surface area contributed by atoms with E-state index >= 15 is 0 Å². The summed E-state index contributed by atoms with van der Waals surface area (Å²) in [5, 5.41) is 11.5. The number of aromatic hydroxyl groups is 1. The predicted molar refractivity (Wildman–Crippen MR) is 153 cm³/mol. The van der Waals surface area contributed by atoms with Gasteiger partial charge in [-0.1, -0.05) is 67.6 Å². The number of hydrogen-bond donors (Lipinski definition) is 2. The van der Waals surface area contributed by atoms with Crippen LogP contribution < -0.4 is 15.1 Å². The van der Waals surface area contributed by atoms with Crippen molar-refractivity contribution in [3.8, 4) is 11.5 Å². The van der Waals surface area contributed by atoms with E-state index in [9.17, 15) is 18.3 Å². The molecule has 7 nitrogen and oxygen atoms in total. The molecule has 1 heterocycles. The molecule has 1 aromatic heterocycles. The highest BCUT2D eigenvalue weighted by atomic mass is 32.2. The normalized spacial score (nSPS) is 15.8. The van der Waals surface area contributed by atoms with Crippen LogP contribution in [0.25, 0.3) is 0 Å². The van der Waals surface area contributed by atoms with Gasteiger partial charge >= 0.3 is 5.63 Å². The van der Waals surface area contributed by atoms with Crippen LogP contribution in [0.4, 0.5) is 0 Å². The van der Waals surface area contributed by atoms with Crippen molar-refractivity contribution >= 4 is 10.0 Å². The van der Waals surface area contributed by atoms with E-state index < -0.39 is 21.2 Å². The van der Waals surface area contributed by atoms with Gasteiger partial charge in [0.05, 0.1) is 17.5 Å². The molecule has 0 amide bonds. The second kappa shape index (κ2) is 11.3. The van der Waals surface area contributed by atoms with Crippen LogP contribution in [0.3, 0.4) is 0 Å². The Morgan fingerprint density at radius 2 is 1.62 bits per heavy atom. The number of rotatable bonds is 11. The molecule has 40 heavy (non-hydrogen) atoms. The second-order valence-corrected chi connectivity index (χ2v) is 11.9. The molecule has 1 aliphatic carbocycles. The van der Waals surface area contributed by atoms with Gasteiger partial charge in [-0.05, 0) is 67.0 Å². The molecule has 1 saturated carbocycles. The Labute approximate surface area is 234 Å². The predicted octanol–water partition coefficient (Wildman–Crippen LogP) is 5.72. The highest BCUT2D eigenvalue weighted by molar-refractivity contribution is 7.89. The molecular weight excluding hydrogens is 526 g/mol. The maximum atomic E-state index is 13.8. The maximum absolute atomic E-state index is 13.8. The minimum absolute atomic E-state index is 0.0173. The van der Waals surface area contributed by atoms with E-state index in [-0.39, 0.29) is 28.0 Å². The fraction of sp³-hybridized carbons (Fsp3) is 0.281. The van der Waals surface area contributed by atoms with Crippen molar-refractivity contribution in [1.29, 1.82) is 0 Å². The highest BCUT2D eigenvalue weighted by Crippen LogP contribution is 2.51. The molecule has 1 aliphatic rings. The highest BCUT2D eigenvalue weighted by Gasteiger charge is 2.53. The number of nitrogens with one attached hydrogen (secondary N) is 1. The van der Waals surface area contributed by atoms with E-state index in [1.165, 1.54) is 25.3 Å². The van der Waals surface area contributed by atoms with Gasteiger partial charge in [-0.25, -0.2) is 13.2 Å². The van der Waals surface area contributed by atoms with E-state index in [0.717, 1.165) is 5.56 Å². The van der Waals surface area contributed by atoms with Gasteiger partial charge in [-0.2, -0.15) is 4.72 Å². The van der Waals surface area contributed by atoms with E-state index in [1.807, 2.05) is 43.3 Å². The van der Waals surface area contributed by atoms with Crippen molar-refractivity contribution < 1.29 is 22.7 Å². The number of benzene rings is 3. The van der Waals surface area contributed by atoms with Crippen LogP contribution in [0, 0.1) is 5.92 Å². The summed E-state index contributed by atoms with van der Waals surface area (Å²) in [4.78, 5) is 13.8. The third kappa shape index (κ3) is 5.42. The van der Waals surface area contributed by atoms with Gasteiger partial charge in [0.2, 0.25) is 10.0 Å². The SMILES string of the molecule is CCC(Cc1ccccc1)c1cc(O)c(C(NS(=O)(=O)c2ccc(OC)cc2)(c2ccccc2)C2CC2)c(=O)o1. The number of methoxy groups -OCH3 is 1. The molecule has 1 fully saturated rings. The molecule has 2 atom stereocenters. The Kier molecular flexibility index (Phi) is 7.83. The van der Waals surface area contributed by atoms with Crippen molar-refractivity contribution in [3.63, 3.8) is 0 Å². The standard InChI is InChI=1S/C32H33NO6S/c1-3-23(20-22-10-6-4-7-11-22)29-21-28(34)30(31(35)39-29)32(25-14-15-25,24-12-8-5-9-13-24)33-40(36,37)27-18-16-26(38-2)17-19-27/h4-13,16-19,21,23,25,33-34H,3,14-15,20H2,1-2H3. The lowest BCUT2D eigenvalue weighted by atomic mass is 9.79. The van der Waals surface area contributed by atoms with Crippen molar-refractivity contribution in [2.75, 3.05) is 7.11 Å². The van der Waals surface area contributed by atoms with E-state index in [0.29, 0.717) is 42.8 Å². The van der Waals surface area contributed by atoms with Gasteiger partial charge in [0.15, 0.2) is 0 Å². The minimum atomic E-state index is -4.15. The average Bonchev–Trinajstić information content (AvgIpc) is 3.82. The average molecular weight is 560 g/mol. The summed E-state index contributed by atoms with van der Waals surface area (Å²) in [6.07, 6.45) is 2.67. The smallest absolute Gasteiger partial charge is 0.345 e. The van der Waals surface area contributed by atoms with Gasteiger partial charge in [0.25, 0.3) is 0 Å². The molecule has 0 spiro atoms. The molecule has 2 unspecified atom stereocenters. The molecular formula is C32H33NO6S. The van der Waals surface area contributed by atoms with Crippen LogP contribution in [0.15, 0.2) is 105 Å². The maximum Gasteiger partial charge on any atom is 0.345 e. The lowest BCUT2D eigenvalue weighted by Gasteiger charge is -2.35. The Morgan fingerprint density at radius 3 is 2.17 bits per heavy atom. The molecule has 208 valence electrons. The van der Waals surface area contributed by atoms with Gasteiger partial charge < -0.3 is 14.3 Å². The lowest BCUT2D eigenvalue weighted by molar-refractivity contribution is 0.336. The summed E-state index contributed by atoms with van der Waals surface area (Å²) in [6, 6.07) is 26.3. The molecule has 0 bridgehead atoms. The summed E-state index contributed by atoms with van der Waals surface area (Å²) in [7, 11) is -2.64. The first-order chi connectivity index (χ1) is 19.3. The summed E-state index contributed by atoms with van der Waals surface area (Å²) in [5.41, 5.74) is -0.735. The first-order valence-corrected chi connectivity index (χ1v) is 14.9. The van der Waals surface area contributed by atoms with Crippen molar-refractivity contribution in [1.82, 2.24) is 4.72 Å². The van der Waals surface area contributed by atoms with Crippen molar-refractivity contribution in [2.45, 2.75) is 49.0 Å². The first-order valence-electron chi connectivity index (χ1n) is 13.4. The number of hydrogen-bond acceptors (Lipinski definition) is 6. The van der Waals surface area contributed by atoms with Crippen LogP contribution in [-0.4, -0.2) is 20.6 Å². The molecule has 4 aromatic rings. The molecule has 0 radical (unpaired) electrons. The molecule has 8 heteroatoms. The quantitative estimate of drug-likeness (QED) is 0.243. The van der Waals surface area contributed by atoms with Crippen LogP contribution in [0.5, 0.6) is 11.5 Å². The van der Waals surface area contributed by atoms with E-state index in [4.69, 9.17) is 9.15 Å². The molecule has 0 aliphatic heterocycles. The van der Waals surface area contributed by atoms with E-state index in [2.05, 4.69) is 4.72 Å². The largest absolute Gasteiger partial charge is 0.507 e. The zero-order valence-corrected chi connectivity index (χ0v) is 23.4. The summed E-state index contributed by atoms with van der Waals surface area (Å²) in [6.45, 7) is 2.00.